The van der Waals surface area contributed by atoms with Gasteiger partial charge in [-0.2, -0.15) is 0 Å². The Kier molecular flexibility index (Phi) is 7.48. The van der Waals surface area contributed by atoms with Crippen LogP contribution in [0.15, 0.2) is 61.2 Å². The highest BCUT2D eigenvalue weighted by atomic mass is 16.6. The van der Waals surface area contributed by atoms with Gasteiger partial charge < -0.3 is 14.6 Å². The molecule has 7 heteroatoms. The van der Waals surface area contributed by atoms with E-state index >= 15 is 0 Å². The second kappa shape index (κ2) is 10.6. The largest absolute Gasteiger partial charge is 0.479 e. The van der Waals surface area contributed by atoms with Crippen molar-refractivity contribution in [1.29, 1.82) is 0 Å². The van der Waals surface area contributed by atoms with Gasteiger partial charge in [0, 0.05) is 12.5 Å². The molecule has 0 aromatic heterocycles. The Labute approximate surface area is 211 Å². The highest BCUT2D eigenvalue weighted by Gasteiger charge is 2.52. The van der Waals surface area contributed by atoms with E-state index in [1.165, 1.54) is 4.90 Å². The first kappa shape index (κ1) is 25.5. The number of hydrogen-bond donors (Lipinski definition) is 1. The maximum absolute atomic E-state index is 13.4. The summed E-state index contributed by atoms with van der Waals surface area (Å²) in [5, 5.41) is 9.57. The molecule has 2 aromatic carbocycles. The number of hydrogen-bond acceptors (Lipinski definition) is 5. The summed E-state index contributed by atoms with van der Waals surface area (Å²) in [5.74, 6) is -2.00. The molecule has 0 bridgehead atoms. The molecule has 4 rings (SSSR count). The Morgan fingerprint density at radius 3 is 2.28 bits per heavy atom. The van der Waals surface area contributed by atoms with Gasteiger partial charge in [0.25, 0.3) is 0 Å². The molecule has 1 aliphatic carbocycles. The third-order valence-corrected chi connectivity index (χ3v) is 7.12. The molecule has 1 amide bonds. The van der Waals surface area contributed by atoms with Crippen molar-refractivity contribution >= 4 is 18.0 Å². The summed E-state index contributed by atoms with van der Waals surface area (Å²) < 4.78 is 11.3. The van der Waals surface area contributed by atoms with Gasteiger partial charge in [0.05, 0.1) is 0 Å². The van der Waals surface area contributed by atoms with Crippen molar-refractivity contribution in [2.75, 3.05) is 13.2 Å². The summed E-state index contributed by atoms with van der Waals surface area (Å²) in [7, 11) is 0. The number of nitrogens with zero attached hydrogens (tertiary/aromatic N) is 1. The van der Waals surface area contributed by atoms with E-state index in [2.05, 4.69) is 18.7 Å². The topological polar surface area (TPSA) is 93.1 Å². The third-order valence-electron chi connectivity index (χ3n) is 7.12. The first-order chi connectivity index (χ1) is 17.3. The van der Waals surface area contributed by atoms with Crippen LogP contribution in [0.1, 0.15) is 56.6 Å². The highest BCUT2D eigenvalue weighted by molar-refractivity contribution is 5.89. The van der Waals surface area contributed by atoms with E-state index in [9.17, 15) is 19.5 Å². The molecular formula is C29H33NO6. The van der Waals surface area contributed by atoms with Gasteiger partial charge in [-0.05, 0) is 53.9 Å². The van der Waals surface area contributed by atoms with E-state index in [1.807, 2.05) is 50.2 Å². The number of carboxylic acids is 1. The Bertz CT molecular complexity index is 1110. The average Bonchev–Trinajstić information content (AvgIpc) is 3.42. The highest BCUT2D eigenvalue weighted by Crippen LogP contribution is 2.45. The minimum Gasteiger partial charge on any atom is -0.479 e. The Morgan fingerprint density at radius 1 is 1.11 bits per heavy atom. The molecule has 36 heavy (non-hydrogen) atoms. The van der Waals surface area contributed by atoms with Crippen molar-refractivity contribution in [3.05, 3.63) is 72.3 Å². The standard InChI is InChI=1S/C29H33NO6/c1-4-14-29(27(33)36-25(26(31)32)17-19(2)3)15-9-16-30(29)28(34)35-18-24-22-12-7-5-10-20(22)21-11-6-8-13-23(21)24/h4-8,10-13,19,24-25H,1,9,14-18H2,2-3H3,(H,31,32). The van der Waals surface area contributed by atoms with Crippen molar-refractivity contribution in [2.24, 2.45) is 5.92 Å². The van der Waals surface area contributed by atoms with Gasteiger partial charge in [0.15, 0.2) is 6.10 Å². The molecule has 2 atom stereocenters. The van der Waals surface area contributed by atoms with Crippen molar-refractivity contribution in [2.45, 2.75) is 57.1 Å². The van der Waals surface area contributed by atoms with E-state index in [-0.39, 0.29) is 31.3 Å². The fourth-order valence-electron chi connectivity index (χ4n) is 5.43. The molecule has 2 aliphatic rings. The van der Waals surface area contributed by atoms with Crippen LogP contribution in [0.4, 0.5) is 4.79 Å². The Morgan fingerprint density at radius 2 is 1.72 bits per heavy atom. The zero-order chi connectivity index (χ0) is 25.9. The molecular weight excluding hydrogens is 458 g/mol. The number of carboxylic acid groups (broad SMARTS) is 1. The number of rotatable bonds is 9. The summed E-state index contributed by atoms with van der Waals surface area (Å²) in [5.41, 5.74) is 3.13. The molecule has 0 radical (unpaired) electrons. The second-order valence-electron chi connectivity index (χ2n) is 9.95. The lowest BCUT2D eigenvalue weighted by Crippen LogP contribution is -2.55. The predicted octanol–water partition coefficient (Wildman–Crippen LogP) is 5.39. The van der Waals surface area contributed by atoms with Crippen LogP contribution in [0.3, 0.4) is 0 Å². The summed E-state index contributed by atoms with van der Waals surface area (Å²) in [4.78, 5) is 39.8. The normalized spacial score (nSPS) is 19.5. The monoisotopic (exact) mass is 491 g/mol. The lowest BCUT2D eigenvalue weighted by molar-refractivity contribution is -0.172. The van der Waals surface area contributed by atoms with Gasteiger partial charge in [-0.3, -0.25) is 4.90 Å². The summed E-state index contributed by atoms with van der Waals surface area (Å²) >= 11 is 0. The van der Waals surface area contributed by atoms with Crippen LogP contribution in [0, 0.1) is 5.92 Å². The van der Waals surface area contributed by atoms with E-state index in [0.717, 1.165) is 22.3 Å². The van der Waals surface area contributed by atoms with Crippen LogP contribution >= 0.6 is 0 Å². The number of carbonyl (C=O) groups excluding carboxylic acids is 2. The summed E-state index contributed by atoms with van der Waals surface area (Å²) in [6.45, 7) is 7.94. The molecule has 0 saturated carbocycles. The lowest BCUT2D eigenvalue weighted by Gasteiger charge is -2.36. The van der Waals surface area contributed by atoms with Crippen molar-refractivity contribution in [3.63, 3.8) is 0 Å². The van der Waals surface area contributed by atoms with Gasteiger partial charge >= 0.3 is 18.0 Å². The van der Waals surface area contributed by atoms with Gasteiger partial charge in [-0.1, -0.05) is 68.5 Å². The number of carbonyl (C=O) groups is 3. The van der Waals surface area contributed by atoms with Crippen LogP contribution in [0.25, 0.3) is 11.1 Å². The molecule has 1 aliphatic heterocycles. The van der Waals surface area contributed by atoms with Crippen LogP contribution in [0.5, 0.6) is 0 Å². The molecule has 1 heterocycles. The maximum atomic E-state index is 13.4. The van der Waals surface area contributed by atoms with Crippen LogP contribution in [0.2, 0.25) is 0 Å². The maximum Gasteiger partial charge on any atom is 0.410 e. The average molecular weight is 492 g/mol. The van der Waals surface area contributed by atoms with Gasteiger partial charge in [-0.25, -0.2) is 14.4 Å². The fourth-order valence-corrected chi connectivity index (χ4v) is 5.43. The number of amides is 1. The minimum absolute atomic E-state index is 0.0241. The number of esters is 1. The fraction of sp³-hybridized carbons (Fsp3) is 0.414. The molecule has 2 unspecified atom stereocenters. The first-order valence-electron chi connectivity index (χ1n) is 12.5. The van der Waals surface area contributed by atoms with Crippen LogP contribution in [-0.4, -0.2) is 52.8 Å². The van der Waals surface area contributed by atoms with Crippen LogP contribution < -0.4 is 0 Å². The van der Waals surface area contributed by atoms with Crippen LogP contribution in [-0.2, 0) is 19.1 Å². The van der Waals surface area contributed by atoms with Gasteiger partial charge in [0.2, 0.25) is 0 Å². The Hall–Kier alpha value is -3.61. The van der Waals surface area contributed by atoms with Gasteiger partial charge in [0.1, 0.15) is 12.1 Å². The molecule has 1 saturated heterocycles. The third kappa shape index (κ3) is 4.74. The molecule has 1 fully saturated rings. The van der Waals surface area contributed by atoms with E-state index in [0.29, 0.717) is 19.4 Å². The van der Waals surface area contributed by atoms with E-state index in [1.54, 1.807) is 6.08 Å². The Balaban J connectivity index is 1.53. The van der Waals surface area contributed by atoms with Crippen molar-refractivity contribution in [3.8, 4) is 11.1 Å². The zero-order valence-electron chi connectivity index (χ0n) is 20.8. The quantitative estimate of drug-likeness (QED) is 0.374. The summed E-state index contributed by atoms with van der Waals surface area (Å²) in [6.07, 6.45) is 0.966. The van der Waals surface area contributed by atoms with Crippen molar-refractivity contribution < 1.29 is 29.0 Å². The second-order valence-corrected chi connectivity index (χ2v) is 9.95. The van der Waals surface area contributed by atoms with Crippen molar-refractivity contribution in [1.82, 2.24) is 4.90 Å². The number of benzene rings is 2. The minimum atomic E-state index is -1.32. The molecule has 0 spiro atoms. The number of likely N-dealkylation sites (tertiary alicyclic amines) is 1. The molecule has 2 aromatic rings. The smallest absolute Gasteiger partial charge is 0.410 e. The molecule has 7 nitrogen and oxygen atoms in total. The number of aliphatic carboxylic acids is 1. The first-order valence-corrected chi connectivity index (χ1v) is 12.5. The number of fused-ring (bicyclic) bond motifs is 3. The molecule has 190 valence electrons. The van der Waals surface area contributed by atoms with Gasteiger partial charge in [-0.15, -0.1) is 6.58 Å². The number of ether oxygens (including phenoxy) is 2. The zero-order valence-corrected chi connectivity index (χ0v) is 20.8. The molecule has 1 N–H and O–H groups in total. The SMILES string of the molecule is C=CCC1(C(=O)OC(CC(C)C)C(=O)O)CCCN1C(=O)OCC1c2ccccc2-c2ccccc21. The van der Waals surface area contributed by atoms with E-state index < -0.39 is 29.7 Å². The predicted molar refractivity (Wildman–Crippen MR) is 136 cm³/mol. The lowest BCUT2D eigenvalue weighted by atomic mass is 9.92. The van der Waals surface area contributed by atoms with E-state index in [4.69, 9.17) is 9.47 Å². The summed E-state index contributed by atoms with van der Waals surface area (Å²) in [6, 6.07) is 16.2.